The lowest BCUT2D eigenvalue weighted by Crippen LogP contribution is -2.39. The average molecular weight is 208 g/mol. The third kappa shape index (κ3) is 4.41. The summed E-state index contributed by atoms with van der Waals surface area (Å²) in [5, 5.41) is 3.73. The van der Waals surface area contributed by atoms with Crippen LogP contribution >= 0.6 is 0 Å². The van der Waals surface area contributed by atoms with E-state index in [1.165, 1.54) is 12.5 Å². The van der Waals surface area contributed by atoms with E-state index in [9.17, 15) is 4.79 Å². The smallest absolute Gasteiger partial charge is 0.368 e. The fraction of sp³-hybridized carbons (Fsp3) is 0. The molecule has 2 amide bonds. The lowest BCUT2D eigenvalue weighted by atomic mass is 10.5. The SMILES string of the molecule is C1=CC=CNC=C1.NC(=O)N1NC=CO1. The second-order valence-electron chi connectivity index (χ2n) is 2.44. The van der Waals surface area contributed by atoms with E-state index in [1.54, 1.807) is 0 Å². The first-order valence-electron chi connectivity index (χ1n) is 4.22. The van der Waals surface area contributed by atoms with Gasteiger partial charge in [-0.1, -0.05) is 17.3 Å². The number of carbonyl (C=O) groups is 1. The zero-order chi connectivity index (χ0) is 10.9. The van der Waals surface area contributed by atoms with Crippen molar-refractivity contribution in [1.82, 2.24) is 15.9 Å². The molecule has 0 unspecified atom stereocenters. The van der Waals surface area contributed by atoms with Crippen molar-refractivity contribution < 1.29 is 9.63 Å². The highest BCUT2D eigenvalue weighted by molar-refractivity contribution is 5.70. The van der Waals surface area contributed by atoms with Gasteiger partial charge in [-0.05, 0) is 12.2 Å². The van der Waals surface area contributed by atoms with Crippen LogP contribution in [0.2, 0.25) is 0 Å². The van der Waals surface area contributed by atoms with Gasteiger partial charge in [0.25, 0.3) is 0 Å². The minimum absolute atomic E-state index is 0.671. The maximum Gasteiger partial charge on any atom is 0.368 e. The van der Waals surface area contributed by atoms with E-state index in [4.69, 9.17) is 5.73 Å². The Morgan fingerprint density at radius 2 is 1.80 bits per heavy atom. The summed E-state index contributed by atoms with van der Waals surface area (Å²) in [6, 6.07) is -0.671. The summed E-state index contributed by atoms with van der Waals surface area (Å²) in [5.74, 6) is 0. The molecule has 0 aromatic carbocycles. The largest absolute Gasteiger partial charge is 0.368 e. The first-order valence-corrected chi connectivity index (χ1v) is 4.22. The molecule has 0 spiro atoms. The van der Waals surface area contributed by atoms with E-state index in [-0.39, 0.29) is 0 Å². The predicted molar refractivity (Wildman–Crippen MR) is 55.3 cm³/mol. The van der Waals surface area contributed by atoms with E-state index < -0.39 is 6.03 Å². The molecule has 80 valence electrons. The highest BCUT2D eigenvalue weighted by atomic mass is 16.7. The molecule has 15 heavy (non-hydrogen) atoms. The number of nitrogens with zero attached hydrogens (tertiary/aromatic N) is 1. The van der Waals surface area contributed by atoms with Gasteiger partial charge in [0.15, 0.2) is 0 Å². The minimum atomic E-state index is -0.671. The number of primary amides is 1. The van der Waals surface area contributed by atoms with Crippen molar-refractivity contribution in [3.05, 3.63) is 49.2 Å². The standard InChI is InChI=1S/C6H7N.C3H5N3O2/c1-2-4-6-7-5-3-1;4-3(7)6-5-1-2-8-6/h1-7H;1-2,5H,(H2,4,7). The molecule has 2 heterocycles. The molecule has 4 N–H and O–H groups in total. The highest BCUT2D eigenvalue weighted by Gasteiger charge is 2.09. The second kappa shape index (κ2) is 6.14. The van der Waals surface area contributed by atoms with Gasteiger partial charge in [-0.25, -0.2) is 4.79 Å². The van der Waals surface area contributed by atoms with Gasteiger partial charge in [0.2, 0.25) is 0 Å². The van der Waals surface area contributed by atoms with Crippen LogP contribution in [0.3, 0.4) is 0 Å². The van der Waals surface area contributed by atoms with Crippen molar-refractivity contribution >= 4 is 6.03 Å². The first kappa shape index (κ1) is 10.7. The monoisotopic (exact) mass is 208 g/mol. The van der Waals surface area contributed by atoms with Crippen LogP contribution < -0.4 is 16.5 Å². The molecule has 6 heteroatoms. The molecule has 0 fully saturated rings. The van der Waals surface area contributed by atoms with Gasteiger partial charge >= 0.3 is 6.03 Å². The van der Waals surface area contributed by atoms with E-state index in [2.05, 4.69) is 15.6 Å². The second-order valence-corrected chi connectivity index (χ2v) is 2.44. The highest BCUT2D eigenvalue weighted by Crippen LogP contribution is 1.91. The number of allylic oxidation sites excluding steroid dienone is 4. The van der Waals surface area contributed by atoms with Crippen molar-refractivity contribution in [2.75, 3.05) is 0 Å². The minimum Gasteiger partial charge on any atom is -0.368 e. The number of nitrogens with one attached hydrogen (secondary N) is 2. The van der Waals surface area contributed by atoms with Gasteiger partial charge in [-0.15, -0.1) is 0 Å². The Bertz CT molecular complexity index is 298. The molecular formula is C9H12N4O2. The molecule has 0 aromatic heterocycles. The molecule has 6 nitrogen and oxygen atoms in total. The van der Waals surface area contributed by atoms with Crippen molar-refractivity contribution in [2.24, 2.45) is 5.73 Å². The molecule has 0 radical (unpaired) electrons. The van der Waals surface area contributed by atoms with E-state index in [0.29, 0.717) is 0 Å². The number of hydrogen-bond acceptors (Lipinski definition) is 4. The fourth-order valence-corrected chi connectivity index (χ4v) is 0.741. The molecule has 0 saturated heterocycles. The fourth-order valence-electron chi connectivity index (χ4n) is 0.741. The van der Waals surface area contributed by atoms with Crippen LogP contribution in [0.4, 0.5) is 4.79 Å². The number of urea groups is 1. The third-order valence-corrected chi connectivity index (χ3v) is 1.34. The van der Waals surface area contributed by atoms with Crippen molar-refractivity contribution in [1.29, 1.82) is 0 Å². The Hall–Kier alpha value is -2.37. The van der Waals surface area contributed by atoms with Crippen LogP contribution in [0, 0.1) is 0 Å². The normalized spacial score (nSPS) is 15.6. The van der Waals surface area contributed by atoms with E-state index in [0.717, 1.165) is 5.17 Å². The molecule has 2 aliphatic heterocycles. The topological polar surface area (TPSA) is 79.6 Å². The number of rotatable bonds is 0. The molecular weight excluding hydrogens is 196 g/mol. The third-order valence-electron chi connectivity index (χ3n) is 1.34. The Morgan fingerprint density at radius 1 is 1.13 bits per heavy atom. The Kier molecular flexibility index (Phi) is 4.38. The Labute approximate surface area is 87.3 Å². The van der Waals surface area contributed by atoms with E-state index in [1.807, 2.05) is 36.7 Å². The number of hydrazine groups is 1. The molecule has 2 aliphatic rings. The van der Waals surface area contributed by atoms with Crippen LogP contribution in [0.5, 0.6) is 0 Å². The van der Waals surface area contributed by atoms with Crippen molar-refractivity contribution in [3.63, 3.8) is 0 Å². The van der Waals surface area contributed by atoms with Crippen LogP contribution in [0.1, 0.15) is 0 Å². The number of hydrogen-bond donors (Lipinski definition) is 3. The number of amides is 2. The zero-order valence-corrected chi connectivity index (χ0v) is 7.96. The molecule has 2 rings (SSSR count). The van der Waals surface area contributed by atoms with Crippen LogP contribution in [-0.2, 0) is 4.84 Å². The summed E-state index contributed by atoms with van der Waals surface area (Å²) in [5.41, 5.74) is 7.17. The number of carbonyl (C=O) groups excluding carboxylic acids is 1. The number of hydroxylamine groups is 1. The quantitative estimate of drug-likeness (QED) is 0.540. The maximum absolute atomic E-state index is 10.1. The molecule has 0 atom stereocenters. The number of nitrogens with two attached hydrogens (primary N) is 1. The van der Waals surface area contributed by atoms with Crippen LogP contribution in [0.15, 0.2) is 49.2 Å². The van der Waals surface area contributed by atoms with E-state index >= 15 is 0 Å². The molecule has 0 aromatic rings. The average Bonchev–Trinajstić information content (AvgIpc) is 2.60. The molecule has 0 aliphatic carbocycles. The summed E-state index contributed by atoms with van der Waals surface area (Å²) in [6.07, 6.45) is 14.3. The van der Waals surface area contributed by atoms with Gasteiger partial charge in [-0.3, -0.25) is 5.43 Å². The van der Waals surface area contributed by atoms with Crippen molar-refractivity contribution in [2.45, 2.75) is 0 Å². The lowest BCUT2D eigenvalue weighted by Gasteiger charge is -2.08. The zero-order valence-electron chi connectivity index (χ0n) is 7.96. The van der Waals surface area contributed by atoms with Gasteiger partial charge in [0, 0.05) is 12.4 Å². The van der Waals surface area contributed by atoms with Gasteiger partial charge in [-0.2, -0.15) is 0 Å². The van der Waals surface area contributed by atoms with Crippen LogP contribution in [0.25, 0.3) is 0 Å². The summed E-state index contributed by atoms with van der Waals surface area (Å²) in [7, 11) is 0. The van der Waals surface area contributed by atoms with Crippen LogP contribution in [-0.4, -0.2) is 11.2 Å². The summed E-state index contributed by atoms with van der Waals surface area (Å²) < 4.78 is 0. The van der Waals surface area contributed by atoms with Gasteiger partial charge in [0.05, 0.1) is 6.20 Å². The Morgan fingerprint density at radius 3 is 2.20 bits per heavy atom. The maximum atomic E-state index is 10.1. The molecule has 0 saturated carbocycles. The van der Waals surface area contributed by atoms with Crippen molar-refractivity contribution in [3.8, 4) is 0 Å². The lowest BCUT2D eigenvalue weighted by molar-refractivity contribution is -0.0610. The van der Waals surface area contributed by atoms with Gasteiger partial charge in [0.1, 0.15) is 6.26 Å². The summed E-state index contributed by atoms with van der Waals surface area (Å²) in [4.78, 5) is 14.6. The molecule has 0 bridgehead atoms. The Balaban J connectivity index is 0.000000151. The first-order chi connectivity index (χ1) is 7.30. The van der Waals surface area contributed by atoms with Gasteiger partial charge < -0.3 is 15.9 Å². The summed E-state index contributed by atoms with van der Waals surface area (Å²) >= 11 is 0. The summed E-state index contributed by atoms with van der Waals surface area (Å²) in [6.45, 7) is 0. The predicted octanol–water partition coefficient (Wildman–Crippen LogP) is 0.461.